The first-order chi connectivity index (χ1) is 7.85. The maximum atomic E-state index is 4.70. The topological polar surface area (TPSA) is 40.7 Å². The van der Waals surface area contributed by atoms with Crippen LogP contribution in [0.25, 0.3) is 0 Å². The van der Waals surface area contributed by atoms with Crippen molar-refractivity contribution in [3.05, 3.63) is 17.2 Å². The van der Waals surface area contributed by atoms with Gasteiger partial charge in [0.25, 0.3) is 0 Å². The number of aromatic amines is 1. The molecular weight excluding hydrogens is 198 g/mol. The normalized spacial score (nSPS) is 24.4. The minimum atomic E-state index is 0.769. The van der Waals surface area contributed by atoms with E-state index in [4.69, 9.17) is 4.98 Å². The third-order valence-corrected chi connectivity index (χ3v) is 3.91. The van der Waals surface area contributed by atoms with Crippen molar-refractivity contribution in [2.24, 2.45) is 5.92 Å². The van der Waals surface area contributed by atoms with Gasteiger partial charge in [-0.15, -0.1) is 0 Å². The summed E-state index contributed by atoms with van der Waals surface area (Å²) in [7, 11) is 0. The van der Waals surface area contributed by atoms with E-state index in [1.807, 2.05) is 0 Å². The number of aryl methyl sites for hydroxylation is 1. The van der Waals surface area contributed by atoms with Crippen molar-refractivity contribution in [1.29, 1.82) is 0 Å². The number of nitrogens with zero attached hydrogens (tertiary/aromatic N) is 1. The van der Waals surface area contributed by atoms with Gasteiger partial charge < -0.3 is 10.3 Å². The zero-order valence-corrected chi connectivity index (χ0v) is 10.1. The lowest BCUT2D eigenvalue weighted by Gasteiger charge is -2.19. The predicted molar refractivity (Wildman–Crippen MR) is 64.3 cm³/mol. The molecule has 0 saturated heterocycles. The maximum Gasteiger partial charge on any atom is 0.120 e. The molecule has 2 aliphatic carbocycles. The van der Waals surface area contributed by atoms with Gasteiger partial charge in [0.05, 0.1) is 12.2 Å². The van der Waals surface area contributed by atoms with Crippen molar-refractivity contribution >= 4 is 0 Å². The van der Waals surface area contributed by atoms with Crippen LogP contribution in [0, 0.1) is 5.92 Å². The molecule has 1 fully saturated rings. The van der Waals surface area contributed by atoms with Gasteiger partial charge in [-0.1, -0.05) is 13.3 Å². The summed E-state index contributed by atoms with van der Waals surface area (Å²) in [5.74, 6) is 2.02. The van der Waals surface area contributed by atoms with E-state index >= 15 is 0 Å². The number of imidazole rings is 1. The summed E-state index contributed by atoms with van der Waals surface area (Å²) in [6.45, 7) is 3.22. The zero-order valence-electron chi connectivity index (χ0n) is 10.1. The number of nitrogens with one attached hydrogen (secondary N) is 2. The Kier molecular flexibility index (Phi) is 2.72. The molecule has 0 aromatic carbocycles. The molecule has 3 rings (SSSR count). The third-order valence-electron chi connectivity index (χ3n) is 3.91. The van der Waals surface area contributed by atoms with Gasteiger partial charge in [-0.2, -0.15) is 0 Å². The van der Waals surface area contributed by atoms with Crippen LogP contribution in [-0.4, -0.2) is 16.0 Å². The zero-order chi connectivity index (χ0) is 11.0. The largest absolute Gasteiger partial charge is 0.345 e. The van der Waals surface area contributed by atoms with Crippen LogP contribution in [0.2, 0.25) is 0 Å². The number of H-pyrrole nitrogens is 1. The molecule has 1 atom stereocenters. The van der Waals surface area contributed by atoms with Crippen LogP contribution in [0.4, 0.5) is 0 Å². The first-order valence-electron chi connectivity index (χ1n) is 6.65. The van der Waals surface area contributed by atoms with E-state index in [1.165, 1.54) is 49.9 Å². The molecule has 0 spiro atoms. The molecule has 0 bridgehead atoms. The van der Waals surface area contributed by atoms with Crippen LogP contribution >= 0.6 is 0 Å². The molecule has 2 aliphatic rings. The number of hydrogen-bond acceptors (Lipinski definition) is 2. The molecule has 3 nitrogen and oxygen atoms in total. The van der Waals surface area contributed by atoms with Gasteiger partial charge in [0.2, 0.25) is 0 Å². The maximum absolute atomic E-state index is 4.70. The predicted octanol–water partition coefficient (Wildman–Crippen LogP) is 2.18. The van der Waals surface area contributed by atoms with Crippen molar-refractivity contribution < 1.29 is 0 Å². The Morgan fingerprint density at radius 3 is 3.00 bits per heavy atom. The number of fused-ring (bicyclic) bond motifs is 1. The highest BCUT2D eigenvalue weighted by molar-refractivity contribution is 5.18. The van der Waals surface area contributed by atoms with Gasteiger partial charge in [-0.25, -0.2) is 4.98 Å². The highest BCUT2D eigenvalue weighted by Gasteiger charge is 2.23. The minimum Gasteiger partial charge on any atom is -0.345 e. The summed E-state index contributed by atoms with van der Waals surface area (Å²) in [5.41, 5.74) is 2.74. The fraction of sp³-hybridized carbons (Fsp3) is 0.769. The summed E-state index contributed by atoms with van der Waals surface area (Å²) < 4.78 is 0. The molecule has 0 radical (unpaired) electrons. The Morgan fingerprint density at radius 2 is 2.25 bits per heavy atom. The lowest BCUT2D eigenvalue weighted by atomic mass is 9.88. The Hall–Kier alpha value is -0.830. The Bertz CT molecular complexity index is 365. The average molecular weight is 219 g/mol. The van der Waals surface area contributed by atoms with Crippen LogP contribution in [0.5, 0.6) is 0 Å². The Morgan fingerprint density at radius 1 is 1.38 bits per heavy atom. The highest BCUT2D eigenvalue weighted by Crippen LogP contribution is 2.26. The molecule has 2 N–H and O–H groups in total. The molecule has 1 unspecified atom stereocenters. The summed E-state index contributed by atoms with van der Waals surface area (Å²) >= 11 is 0. The van der Waals surface area contributed by atoms with Gasteiger partial charge in [0.15, 0.2) is 0 Å². The van der Waals surface area contributed by atoms with Crippen LogP contribution in [0.3, 0.4) is 0 Å². The second-order valence-corrected chi connectivity index (χ2v) is 5.28. The average Bonchev–Trinajstić information content (AvgIpc) is 3.04. The summed E-state index contributed by atoms with van der Waals surface area (Å²) in [4.78, 5) is 8.21. The van der Waals surface area contributed by atoms with Gasteiger partial charge >= 0.3 is 0 Å². The fourth-order valence-electron chi connectivity index (χ4n) is 2.57. The molecule has 1 heterocycles. The number of hydrogen-bond donors (Lipinski definition) is 2. The van der Waals surface area contributed by atoms with Gasteiger partial charge in [0.1, 0.15) is 5.82 Å². The number of aromatic nitrogens is 2. The van der Waals surface area contributed by atoms with Crippen molar-refractivity contribution in [3.63, 3.8) is 0 Å². The molecule has 0 aliphatic heterocycles. The minimum absolute atomic E-state index is 0.769. The van der Waals surface area contributed by atoms with Gasteiger partial charge in [0, 0.05) is 11.7 Å². The van der Waals surface area contributed by atoms with Crippen molar-refractivity contribution in [2.45, 2.75) is 58.0 Å². The van der Waals surface area contributed by atoms with Crippen LogP contribution in [-0.2, 0) is 19.4 Å². The second kappa shape index (κ2) is 4.21. The van der Waals surface area contributed by atoms with Crippen LogP contribution in [0.15, 0.2) is 0 Å². The quantitative estimate of drug-likeness (QED) is 0.815. The molecule has 16 heavy (non-hydrogen) atoms. The first-order valence-corrected chi connectivity index (χ1v) is 6.65. The third kappa shape index (κ3) is 2.14. The van der Waals surface area contributed by atoms with E-state index in [1.54, 1.807) is 0 Å². The fourth-order valence-corrected chi connectivity index (χ4v) is 2.57. The molecular formula is C13H21N3. The van der Waals surface area contributed by atoms with Crippen molar-refractivity contribution in [1.82, 2.24) is 15.3 Å². The van der Waals surface area contributed by atoms with Crippen molar-refractivity contribution in [3.8, 4) is 0 Å². The van der Waals surface area contributed by atoms with E-state index in [-0.39, 0.29) is 0 Å². The van der Waals surface area contributed by atoms with Crippen LogP contribution < -0.4 is 5.32 Å². The Balaban J connectivity index is 1.65. The first kappa shape index (κ1) is 10.3. The standard InChI is InChI=1S/C13H21N3/c1-2-9-3-6-11-12(7-9)16-13(15-11)8-14-10-4-5-10/h9-10,14H,2-8H2,1H3,(H,15,16). The van der Waals surface area contributed by atoms with Crippen LogP contribution in [0.1, 0.15) is 49.8 Å². The molecule has 88 valence electrons. The molecule has 1 aromatic heterocycles. The number of rotatable bonds is 4. The van der Waals surface area contributed by atoms with Gasteiger partial charge in [-0.3, -0.25) is 0 Å². The summed E-state index contributed by atoms with van der Waals surface area (Å²) in [5, 5.41) is 3.51. The second-order valence-electron chi connectivity index (χ2n) is 5.28. The highest BCUT2D eigenvalue weighted by atomic mass is 15.0. The smallest absolute Gasteiger partial charge is 0.120 e. The summed E-state index contributed by atoms with van der Waals surface area (Å²) in [6, 6.07) is 0.769. The van der Waals surface area contributed by atoms with Crippen molar-refractivity contribution in [2.75, 3.05) is 0 Å². The van der Waals surface area contributed by atoms with E-state index < -0.39 is 0 Å². The summed E-state index contributed by atoms with van der Waals surface area (Å²) in [6.07, 6.45) is 7.70. The lowest BCUT2D eigenvalue weighted by molar-refractivity contribution is 0.438. The molecule has 3 heteroatoms. The van der Waals surface area contributed by atoms with E-state index in [0.717, 1.165) is 24.3 Å². The Labute approximate surface area is 97.0 Å². The monoisotopic (exact) mass is 219 g/mol. The van der Waals surface area contributed by atoms with Gasteiger partial charge in [-0.05, 0) is 38.0 Å². The van der Waals surface area contributed by atoms with E-state index in [9.17, 15) is 0 Å². The van der Waals surface area contributed by atoms with E-state index in [0.29, 0.717) is 0 Å². The SMILES string of the molecule is CCC1CCc2nc(CNC3CC3)[nH]c2C1. The van der Waals surface area contributed by atoms with E-state index in [2.05, 4.69) is 17.2 Å². The molecule has 0 amide bonds. The lowest BCUT2D eigenvalue weighted by Crippen LogP contribution is -2.16. The molecule has 1 aromatic rings. The molecule has 1 saturated carbocycles.